The van der Waals surface area contributed by atoms with E-state index in [-0.39, 0.29) is 0 Å². The monoisotopic (exact) mass is 358 g/mol. The molecule has 1 saturated heterocycles. The third kappa shape index (κ3) is 5.57. The highest BCUT2D eigenvalue weighted by molar-refractivity contribution is 6.30. The van der Waals surface area contributed by atoms with Crippen molar-refractivity contribution in [2.75, 3.05) is 32.7 Å². The third-order valence-corrected chi connectivity index (χ3v) is 4.86. The van der Waals surface area contributed by atoms with E-state index < -0.39 is 0 Å². The van der Waals surface area contributed by atoms with E-state index in [1.54, 1.807) is 0 Å². The largest absolute Gasteiger partial charge is 0.301 e. The average molecular weight is 359 g/mol. The maximum atomic E-state index is 6.08. The molecule has 0 amide bonds. The van der Waals surface area contributed by atoms with Gasteiger partial charge in [-0.25, -0.2) is 0 Å². The van der Waals surface area contributed by atoms with E-state index in [9.17, 15) is 0 Å². The number of benzene rings is 2. The zero-order valence-electron chi connectivity index (χ0n) is 15.8. The molecule has 1 fully saturated rings. The second-order valence-electron chi connectivity index (χ2n) is 6.24. The van der Waals surface area contributed by atoms with Gasteiger partial charge < -0.3 is 4.90 Å². The molecule has 1 heterocycles. The summed E-state index contributed by atoms with van der Waals surface area (Å²) in [5.74, 6) is 0. The first-order chi connectivity index (χ1) is 12.3. The van der Waals surface area contributed by atoms with Crippen LogP contribution in [-0.2, 0) is 0 Å². The molecule has 0 radical (unpaired) electrons. The molecule has 0 N–H and O–H groups in total. The van der Waals surface area contributed by atoms with Crippen molar-refractivity contribution in [1.82, 2.24) is 9.80 Å². The summed E-state index contributed by atoms with van der Waals surface area (Å²) in [6.07, 6.45) is 1.24. The Kier molecular flexibility index (Phi) is 8.47. The van der Waals surface area contributed by atoms with Crippen molar-refractivity contribution in [1.29, 1.82) is 0 Å². The first-order valence-corrected chi connectivity index (χ1v) is 9.92. The van der Waals surface area contributed by atoms with E-state index >= 15 is 0 Å². The van der Waals surface area contributed by atoms with Gasteiger partial charge >= 0.3 is 0 Å². The summed E-state index contributed by atoms with van der Waals surface area (Å²) in [6, 6.07) is 19.5. The summed E-state index contributed by atoms with van der Waals surface area (Å²) in [6.45, 7) is 12.0. The first-order valence-electron chi connectivity index (χ1n) is 9.54. The summed E-state index contributed by atoms with van der Waals surface area (Å²) in [4.78, 5) is 5.17. The molecule has 1 aliphatic heterocycles. The van der Waals surface area contributed by atoms with Crippen LogP contribution in [0, 0.1) is 0 Å². The van der Waals surface area contributed by atoms with Crippen LogP contribution in [0.2, 0.25) is 5.02 Å². The van der Waals surface area contributed by atoms with Gasteiger partial charge in [-0.15, -0.1) is 0 Å². The molecule has 0 aliphatic carbocycles. The molecule has 3 heteroatoms. The molecule has 0 bridgehead atoms. The topological polar surface area (TPSA) is 6.48 Å². The molecular formula is C22H31ClN2. The molecule has 0 aromatic heterocycles. The predicted molar refractivity (Wildman–Crippen MR) is 109 cm³/mol. The number of nitrogens with zero attached hydrogens (tertiary/aromatic N) is 2. The lowest BCUT2D eigenvalue weighted by atomic mass is 9.96. The fraction of sp³-hybridized carbons (Fsp3) is 0.455. The summed E-state index contributed by atoms with van der Waals surface area (Å²) in [5, 5.41) is 0.799. The molecule has 1 unspecified atom stereocenters. The number of piperazine rings is 1. The van der Waals surface area contributed by atoms with Crippen molar-refractivity contribution in [3.8, 4) is 0 Å². The Hall–Kier alpha value is -1.35. The van der Waals surface area contributed by atoms with Crippen LogP contribution in [0.25, 0.3) is 0 Å². The fourth-order valence-corrected chi connectivity index (χ4v) is 3.58. The van der Waals surface area contributed by atoms with Gasteiger partial charge in [-0.05, 0) is 36.2 Å². The smallest absolute Gasteiger partial charge is 0.0602 e. The Morgan fingerprint density at radius 3 is 1.96 bits per heavy atom. The second kappa shape index (κ2) is 10.6. The molecule has 2 aromatic carbocycles. The minimum atomic E-state index is 0.317. The maximum Gasteiger partial charge on any atom is 0.0602 e. The molecule has 3 rings (SSSR count). The van der Waals surface area contributed by atoms with Gasteiger partial charge in [-0.1, -0.05) is 74.8 Å². The van der Waals surface area contributed by atoms with Crippen LogP contribution >= 0.6 is 11.6 Å². The summed E-state index contributed by atoms with van der Waals surface area (Å²) in [7, 11) is 0. The van der Waals surface area contributed by atoms with Gasteiger partial charge in [0.25, 0.3) is 0 Å². The van der Waals surface area contributed by atoms with E-state index in [1.807, 2.05) is 26.0 Å². The third-order valence-electron chi connectivity index (χ3n) is 4.61. The van der Waals surface area contributed by atoms with Crippen LogP contribution in [0.3, 0.4) is 0 Å². The van der Waals surface area contributed by atoms with Crippen molar-refractivity contribution in [2.24, 2.45) is 0 Å². The van der Waals surface area contributed by atoms with E-state index in [1.165, 1.54) is 24.1 Å². The van der Waals surface area contributed by atoms with Gasteiger partial charge in [-0.2, -0.15) is 0 Å². The van der Waals surface area contributed by atoms with E-state index in [2.05, 4.69) is 59.2 Å². The molecule has 2 aromatic rings. The molecule has 1 atom stereocenters. The molecule has 136 valence electrons. The van der Waals surface area contributed by atoms with Gasteiger partial charge in [0.15, 0.2) is 0 Å². The van der Waals surface area contributed by atoms with Crippen molar-refractivity contribution >= 4 is 11.6 Å². The van der Waals surface area contributed by atoms with Crippen LogP contribution in [0.1, 0.15) is 44.4 Å². The zero-order chi connectivity index (χ0) is 18.1. The van der Waals surface area contributed by atoms with E-state index in [0.29, 0.717) is 6.04 Å². The minimum Gasteiger partial charge on any atom is -0.301 e. The Morgan fingerprint density at radius 1 is 0.840 bits per heavy atom. The number of hydrogen-bond donors (Lipinski definition) is 0. The van der Waals surface area contributed by atoms with Crippen molar-refractivity contribution in [3.63, 3.8) is 0 Å². The summed E-state index contributed by atoms with van der Waals surface area (Å²) >= 11 is 6.08. The number of rotatable bonds is 5. The maximum absolute atomic E-state index is 6.08. The molecular weight excluding hydrogens is 328 g/mol. The zero-order valence-corrected chi connectivity index (χ0v) is 16.5. The summed E-state index contributed by atoms with van der Waals surface area (Å²) < 4.78 is 0. The van der Waals surface area contributed by atoms with E-state index in [4.69, 9.17) is 11.6 Å². The van der Waals surface area contributed by atoms with Crippen LogP contribution in [0.5, 0.6) is 0 Å². The lowest BCUT2D eigenvalue weighted by Gasteiger charge is -2.39. The van der Waals surface area contributed by atoms with E-state index in [0.717, 1.165) is 31.2 Å². The molecule has 1 aliphatic rings. The second-order valence-corrected chi connectivity index (χ2v) is 6.68. The van der Waals surface area contributed by atoms with Gasteiger partial charge in [0.1, 0.15) is 0 Å². The number of halogens is 1. The molecule has 2 nitrogen and oxygen atoms in total. The quantitative estimate of drug-likeness (QED) is 0.697. The highest BCUT2D eigenvalue weighted by Crippen LogP contribution is 2.30. The van der Waals surface area contributed by atoms with Gasteiger partial charge in [0, 0.05) is 31.2 Å². The molecule has 25 heavy (non-hydrogen) atoms. The van der Waals surface area contributed by atoms with Crippen LogP contribution in [0.15, 0.2) is 54.6 Å². The van der Waals surface area contributed by atoms with Gasteiger partial charge in [-0.3, -0.25) is 4.90 Å². The standard InChI is InChI=1S/C20H25ClN2.C2H6/c1-2-12-22-13-15-23(16-14-22)20(17-6-4-3-5-7-17)18-8-10-19(21)11-9-18;1-2/h3-11,20H,2,12-16H2,1H3;1-2H3. The fourth-order valence-electron chi connectivity index (χ4n) is 3.46. The van der Waals surface area contributed by atoms with Crippen LogP contribution < -0.4 is 0 Å². The van der Waals surface area contributed by atoms with Gasteiger partial charge in [0.05, 0.1) is 6.04 Å². The number of hydrogen-bond acceptors (Lipinski definition) is 2. The van der Waals surface area contributed by atoms with Crippen LogP contribution in [0.4, 0.5) is 0 Å². The highest BCUT2D eigenvalue weighted by Gasteiger charge is 2.25. The van der Waals surface area contributed by atoms with Crippen LogP contribution in [-0.4, -0.2) is 42.5 Å². The normalized spacial score (nSPS) is 16.8. The highest BCUT2D eigenvalue weighted by atomic mass is 35.5. The predicted octanol–water partition coefficient (Wildman–Crippen LogP) is 5.48. The summed E-state index contributed by atoms with van der Waals surface area (Å²) in [5.41, 5.74) is 2.68. The molecule has 0 spiro atoms. The van der Waals surface area contributed by atoms with Crippen molar-refractivity contribution in [3.05, 3.63) is 70.7 Å². The van der Waals surface area contributed by atoms with Crippen molar-refractivity contribution in [2.45, 2.75) is 33.2 Å². The minimum absolute atomic E-state index is 0.317. The Balaban J connectivity index is 0.00000109. The molecule has 0 saturated carbocycles. The van der Waals surface area contributed by atoms with Gasteiger partial charge in [0.2, 0.25) is 0 Å². The Bertz CT molecular complexity index is 589. The lowest BCUT2D eigenvalue weighted by Crippen LogP contribution is -2.47. The SMILES string of the molecule is CC.CCCN1CCN(C(c2ccccc2)c2ccc(Cl)cc2)CC1. The lowest BCUT2D eigenvalue weighted by molar-refractivity contribution is 0.109. The van der Waals surface area contributed by atoms with Crippen molar-refractivity contribution < 1.29 is 0 Å². The first kappa shape index (κ1) is 20.0. The Labute approximate surface area is 158 Å². The Morgan fingerprint density at radius 2 is 1.40 bits per heavy atom. The average Bonchev–Trinajstić information content (AvgIpc) is 2.68.